The standard InChI is InChI=1S/C16H27N3O2/c1-12(20)18-8-10-19(11-9-18)16(21)15-7-6-13-4-2-3-5-14(13)17-15/h13-15,17H,2-11H2,1H3. The van der Waals surface area contributed by atoms with Gasteiger partial charge in [0.1, 0.15) is 0 Å². The van der Waals surface area contributed by atoms with Crippen molar-refractivity contribution >= 4 is 11.8 Å². The summed E-state index contributed by atoms with van der Waals surface area (Å²) in [5.41, 5.74) is 0. The van der Waals surface area contributed by atoms with Gasteiger partial charge in [-0.15, -0.1) is 0 Å². The molecule has 3 aliphatic rings. The third kappa shape index (κ3) is 3.23. The largest absolute Gasteiger partial charge is 0.339 e. The number of piperazine rings is 1. The highest BCUT2D eigenvalue weighted by atomic mass is 16.2. The molecule has 1 saturated carbocycles. The molecule has 0 spiro atoms. The second-order valence-corrected chi connectivity index (χ2v) is 6.78. The van der Waals surface area contributed by atoms with Gasteiger partial charge >= 0.3 is 0 Å². The molecule has 1 aliphatic carbocycles. The van der Waals surface area contributed by atoms with Crippen LogP contribution in [-0.2, 0) is 9.59 Å². The fraction of sp³-hybridized carbons (Fsp3) is 0.875. The van der Waals surface area contributed by atoms with Crippen molar-refractivity contribution in [3.63, 3.8) is 0 Å². The lowest BCUT2D eigenvalue weighted by Gasteiger charge is -2.42. The highest BCUT2D eigenvalue weighted by Crippen LogP contribution is 2.32. The number of fused-ring (bicyclic) bond motifs is 1. The fourth-order valence-corrected chi connectivity index (χ4v) is 4.15. The molecular formula is C16H27N3O2. The lowest BCUT2D eigenvalue weighted by Crippen LogP contribution is -2.59. The first-order valence-corrected chi connectivity index (χ1v) is 8.45. The highest BCUT2D eigenvalue weighted by Gasteiger charge is 2.36. The quantitative estimate of drug-likeness (QED) is 0.784. The Bertz CT molecular complexity index is 404. The monoisotopic (exact) mass is 293 g/mol. The van der Waals surface area contributed by atoms with Gasteiger partial charge < -0.3 is 15.1 Å². The lowest BCUT2D eigenvalue weighted by atomic mass is 9.77. The van der Waals surface area contributed by atoms with Crippen LogP contribution in [0.15, 0.2) is 0 Å². The van der Waals surface area contributed by atoms with E-state index in [1.54, 1.807) is 6.92 Å². The van der Waals surface area contributed by atoms with E-state index < -0.39 is 0 Å². The van der Waals surface area contributed by atoms with E-state index >= 15 is 0 Å². The third-order valence-electron chi connectivity index (χ3n) is 5.49. The normalized spacial score (nSPS) is 33.5. The lowest BCUT2D eigenvalue weighted by molar-refractivity contribution is -0.140. The van der Waals surface area contributed by atoms with Gasteiger partial charge in [-0.3, -0.25) is 9.59 Å². The summed E-state index contributed by atoms with van der Waals surface area (Å²) >= 11 is 0. The summed E-state index contributed by atoms with van der Waals surface area (Å²) in [5.74, 6) is 1.16. The van der Waals surface area contributed by atoms with Gasteiger partial charge in [0.05, 0.1) is 6.04 Å². The second kappa shape index (κ2) is 6.34. The number of amides is 2. The van der Waals surface area contributed by atoms with Crippen LogP contribution in [0.3, 0.4) is 0 Å². The molecular weight excluding hydrogens is 266 g/mol. The molecule has 0 bridgehead atoms. The van der Waals surface area contributed by atoms with Crippen LogP contribution < -0.4 is 5.32 Å². The van der Waals surface area contributed by atoms with E-state index in [0.29, 0.717) is 32.2 Å². The van der Waals surface area contributed by atoms with Crippen molar-refractivity contribution in [2.24, 2.45) is 5.92 Å². The Hall–Kier alpha value is -1.10. The molecule has 0 aromatic rings. The molecule has 3 unspecified atom stereocenters. The van der Waals surface area contributed by atoms with Crippen LogP contribution in [0.4, 0.5) is 0 Å². The van der Waals surface area contributed by atoms with Gasteiger partial charge in [-0.2, -0.15) is 0 Å². The van der Waals surface area contributed by atoms with E-state index in [0.717, 1.165) is 12.3 Å². The van der Waals surface area contributed by atoms with E-state index in [1.165, 1.54) is 32.1 Å². The SMILES string of the molecule is CC(=O)N1CCN(C(=O)C2CCC3CCCCC3N2)CC1. The predicted octanol–water partition coefficient (Wildman–Crippen LogP) is 0.988. The van der Waals surface area contributed by atoms with Crippen LogP contribution in [0.25, 0.3) is 0 Å². The minimum absolute atomic E-state index is 0.00762. The summed E-state index contributed by atoms with van der Waals surface area (Å²) in [7, 11) is 0. The number of hydrogen-bond acceptors (Lipinski definition) is 3. The van der Waals surface area contributed by atoms with Crippen molar-refractivity contribution in [3.8, 4) is 0 Å². The van der Waals surface area contributed by atoms with Crippen molar-refractivity contribution in [2.75, 3.05) is 26.2 Å². The molecule has 118 valence electrons. The van der Waals surface area contributed by atoms with Gasteiger partial charge in [-0.05, 0) is 31.6 Å². The number of nitrogens with one attached hydrogen (secondary N) is 1. The summed E-state index contributed by atoms with van der Waals surface area (Å²) in [5, 5.41) is 3.61. The first-order chi connectivity index (χ1) is 10.1. The summed E-state index contributed by atoms with van der Waals surface area (Å²) < 4.78 is 0. The van der Waals surface area contributed by atoms with E-state index in [4.69, 9.17) is 0 Å². The van der Waals surface area contributed by atoms with Crippen LogP contribution in [0.1, 0.15) is 45.4 Å². The smallest absolute Gasteiger partial charge is 0.239 e. The van der Waals surface area contributed by atoms with Gasteiger partial charge in [-0.1, -0.05) is 12.8 Å². The van der Waals surface area contributed by atoms with Gasteiger partial charge in [0.25, 0.3) is 0 Å². The molecule has 2 aliphatic heterocycles. The van der Waals surface area contributed by atoms with Crippen LogP contribution in [0.5, 0.6) is 0 Å². The van der Waals surface area contributed by atoms with Crippen molar-refractivity contribution < 1.29 is 9.59 Å². The minimum atomic E-state index is 0.00762. The van der Waals surface area contributed by atoms with Gasteiger partial charge in [-0.25, -0.2) is 0 Å². The van der Waals surface area contributed by atoms with Crippen molar-refractivity contribution in [1.82, 2.24) is 15.1 Å². The maximum Gasteiger partial charge on any atom is 0.239 e. The molecule has 5 nitrogen and oxygen atoms in total. The second-order valence-electron chi connectivity index (χ2n) is 6.78. The minimum Gasteiger partial charge on any atom is -0.339 e. The van der Waals surface area contributed by atoms with Crippen LogP contribution >= 0.6 is 0 Å². The molecule has 2 heterocycles. The van der Waals surface area contributed by atoms with Crippen molar-refractivity contribution in [2.45, 2.75) is 57.5 Å². The number of piperidine rings is 1. The molecule has 21 heavy (non-hydrogen) atoms. The summed E-state index contributed by atoms with van der Waals surface area (Å²) in [4.78, 5) is 27.8. The molecule has 3 rings (SSSR count). The summed E-state index contributed by atoms with van der Waals surface area (Å²) in [6.45, 7) is 4.33. The molecule has 1 N–H and O–H groups in total. The molecule has 2 saturated heterocycles. The Morgan fingerprint density at radius 2 is 1.57 bits per heavy atom. The number of hydrogen-bond donors (Lipinski definition) is 1. The molecule has 3 atom stereocenters. The van der Waals surface area contributed by atoms with Crippen LogP contribution in [0, 0.1) is 5.92 Å². The fourth-order valence-electron chi connectivity index (χ4n) is 4.15. The van der Waals surface area contributed by atoms with Gasteiger partial charge in [0.2, 0.25) is 11.8 Å². The number of carbonyl (C=O) groups excluding carboxylic acids is 2. The Labute approximate surface area is 127 Å². The number of rotatable bonds is 1. The zero-order valence-corrected chi connectivity index (χ0v) is 13.0. The van der Waals surface area contributed by atoms with Gasteiger partial charge in [0, 0.05) is 39.1 Å². The maximum atomic E-state index is 12.7. The zero-order chi connectivity index (χ0) is 14.8. The zero-order valence-electron chi connectivity index (χ0n) is 13.0. The Morgan fingerprint density at radius 1 is 0.905 bits per heavy atom. The Kier molecular flexibility index (Phi) is 4.48. The Morgan fingerprint density at radius 3 is 2.29 bits per heavy atom. The summed E-state index contributed by atoms with van der Waals surface area (Å²) in [6, 6.07) is 0.563. The summed E-state index contributed by atoms with van der Waals surface area (Å²) in [6.07, 6.45) is 7.39. The average molecular weight is 293 g/mol. The van der Waals surface area contributed by atoms with E-state index in [2.05, 4.69) is 5.32 Å². The molecule has 0 radical (unpaired) electrons. The first-order valence-electron chi connectivity index (χ1n) is 8.45. The topological polar surface area (TPSA) is 52.7 Å². The first kappa shape index (κ1) is 14.8. The molecule has 3 fully saturated rings. The Balaban J connectivity index is 1.53. The third-order valence-corrected chi connectivity index (χ3v) is 5.49. The van der Waals surface area contributed by atoms with Crippen molar-refractivity contribution in [1.29, 1.82) is 0 Å². The van der Waals surface area contributed by atoms with Gasteiger partial charge in [0.15, 0.2) is 0 Å². The van der Waals surface area contributed by atoms with Crippen molar-refractivity contribution in [3.05, 3.63) is 0 Å². The molecule has 5 heteroatoms. The molecule has 0 aromatic heterocycles. The average Bonchev–Trinajstić information content (AvgIpc) is 2.54. The number of carbonyl (C=O) groups is 2. The van der Waals surface area contributed by atoms with E-state index in [-0.39, 0.29) is 17.9 Å². The molecule has 2 amide bonds. The van der Waals surface area contributed by atoms with E-state index in [1.807, 2.05) is 9.80 Å². The predicted molar refractivity (Wildman–Crippen MR) is 80.7 cm³/mol. The van der Waals surface area contributed by atoms with Crippen LogP contribution in [0.2, 0.25) is 0 Å². The van der Waals surface area contributed by atoms with Crippen LogP contribution in [-0.4, -0.2) is 59.9 Å². The maximum absolute atomic E-state index is 12.7. The molecule has 0 aromatic carbocycles. The number of nitrogens with zero attached hydrogens (tertiary/aromatic N) is 2. The highest BCUT2D eigenvalue weighted by molar-refractivity contribution is 5.82. The van der Waals surface area contributed by atoms with E-state index in [9.17, 15) is 9.59 Å².